The first-order valence-corrected chi connectivity index (χ1v) is 4.87. The second-order valence-electron chi connectivity index (χ2n) is 3.17. The van der Waals surface area contributed by atoms with Gasteiger partial charge < -0.3 is 15.5 Å². The van der Waals surface area contributed by atoms with Crippen LogP contribution in [0.4, 0.5) is 0 Å². The van der Waals surface area contributed by atoms with Crippen molar-refractivity contribution >= 4 is 23.1 Å². The summed E-state index contributed by atoms with van der Waals surface area (Å²) in [6.45, 7) is 3.93. The molecule has 15 heavy (non-hydrogen) atoms. The number of amides is 1. The number of aromatic nitrogens is 1. The van der Waals surface area contributed by atoms with Gasteiger partial charge in [0.05, 0.1) is 23.6 Å². The van der Waals surface area contributed by atoms with Crippen LogP contribution in [0.15, 0.2) is 4.42 Å². The van der Waals surface area contributed by atoms with Gasteiger partial charge in [-0.05, 0) is 13.8 Å². The number of nitrogens with one attached hydrogen (secondary N) is 1. The molecule has 0 atom stereocenters. The number of nitrogens with two attached hydrogens (primary N) is 1. The highest BCUT2D eigenvalue weighted by atomic mass is 32.1. The topological polar surface area (TPSA) is 81.2 Å². The molecular formula is C9H13N3O2S. The number of hydrogen-bond acceptors (Lipinski definition) is 4. The fourth-order valence-corrected chi connectivity index (χ4v) is 1.14. The lowest BCUT2D eigenvalue weighted by Gasteiger charge is -2.00. The lowest BCUT2D eigenvalue weighted by atomic mass is 10.4. The number of thiocarbonyl (C=S) groups is 1. The largest absolute Gasteiger partial charge is 0.444 e. The van der Waals surface area contributed by atoms with E-state index in [2.05, 4.69) is 22.5 Å². The average Bonchev–Trinajstić information content (AvgIpc) is 2.42. The Kier molecular flexibility index (Phi) is 3.79. The van der Waals surface area contributed by atoms with Gasteiger partial charge >= 0.3 is 0 Å². The minimum absolute atomic E-state index is 0.0496. The summed E-state index contributed by atoms with van der Waals surface area (Å²) in [7, 11) is 0. The molecule has 1 heterocycles. The standard InChI is InChI=1S/C9H13N3O2S/c1-5-6(2)14-9(12-5)4-11-8(13)3-7(10)15/h3-4H2,1-2H3,(H2,10,15)(H,11,13). The Morgan fingerprint density at radius 2 is 2.27 bits per heavy atom. The van der Waals surface area contributed by atoms with Gasteiger partial charge in [-0.1, -0.05) is 12.2 Å². The van der Waals surface area contributed by atoms with E-state index in [1.165, 1.54) is 0 Å². The first kappa shape index (κ1) is 11.6. The van der Waals surface area contributed by atoms with Gasteiger partial charge in [-0.3, -0.25) is 4.79 Å². The molecule has 0 fully saturated rings. The molecule has 0 aromatic carbocycles. The van der Waals surface area contributed by atoms with E-state index in [-0.39, 0.29) is 23.9 Å². The first-order valence-electron chi connectivity index (χ1n) is 4.47. The van der Waals surface area contributed by atoms with Crippen molar-refractivity contribution in [3.8, 4) is 0 Å². The van der Waals surface area contributed by atoms with Crippen LogP contribution in [0.3, 0.4) is 0 Å². The average molecular weight is 227 g/mol. The summed E-state index contributed by atoms with van der Waals surface area (Å²) in [4.78, 5) is 15.5. The number of aryl methyl sites for hydroxylation is 2. The second-order valence-corrected chi connectivity index (χ2v) is 3.69. The quantitative estimate of drug-likeness (QED) is 0.735. The van der Waals surface area contributed by atoms with Crippen LogP contribution in [0.5, 0.6) is 0 Å². The zero-order chi connectivity index (χ0) is 11.4. The summed E-state index contributed by atoms with van der Waals surface area (Å²) in [5, 5.41) is 2.61. The van der Waals surface area contributed by atoms with Crippen molar-refractivity contribution in [3.63, 3.8) is 0 Å². The summed E-state index contributed by atoms with van der Waals surface area (Å²) in [6, 6.07) is 0. The highest BCUT2D eigenvalue weighted by molar-refractivity contribution is 7.80. The van der Waals surface area contributed by atoms with E-state index in [4.69, 9.17) is 10.2 Å². The number of hydrogen-bond donors (Lipinski definition) is 2. The minimum Gasteiger partial charge on any atom is -0.444 e. The third-order valence-electron chi connectivity index (χ3n) is 1.84. The van der Waals surface area contributed by atoms with Crippen LogP contribution in [0.1, 0.15) is 23.8 Å². The molecule has 0 unspecified atom stereocenters. The number of rotatable bonds is 4. The van der Waals surface area contributed by atoms with Crippen LogP contribution in [-0.4, -0.2) is 15.9 Å². The fraction of sp³-hybridized carbons (Fsp3) is 0.444. The lowest BCUT2D eigenvalue weighted by molar-refractivity contribution is -0.120. The molecule has 0 saturated carbocycles. The molecule has 0 radical (unpaired) electrons. The predicted octanol–water partition coefficient (Wildman–Crippen LogP) is 0.584. The zero-order valence-electron chi connectivity index (χ0n) is 8.66. The predicted molar refractivity (Wildman–Crippen MR) is 59.2 cm³/mol. The normalized spacial score (nSPS) is 10.0. The molecule has 3 N–H and O–H groups in total. The second kappa shape index (κ2) is 4.88. The Balaban J connectivity index is 2.43. The van der Waals surface area contributed by atoms with Gasteiger partial charge in [0.1, 0.15) is 5.76 Å². The zero-order valence-corrected chi connectivity index (χ0v) is 9.48. The molecule has 5 nitrogen and oxygen atoms in total. The van der Waals surface area contributed by atoms with Crippen LogP contribution < -0.4 is 11.1 Å². The van der Waals surface area contributed by atoms with Crippen LogP contribution in [0.2, 0.25) is 0 Å². The van der Waals surface area contributed by atoms with Gasteiger partial charge in [0, 0.05) is 0 Å². The van der Waals surface area contributed by atoms with Crippen molar-refractivity contribution in [2.45, 2.75) is 26.8 Å². The summed E-state index contributed by atoms with van der Waals surface area (Å²) in [6.07, 6.45) is 0.0496. The molecular weight excluding hydrogens is 214 g/mol. The van der Waals surface area contributed by atoms with E-state index < -0.39 is 0 Å². The van der Waals surface area contributed by atoms with Gasteiger partial charge in [0.15, 0.2) is 0 Å². The van der Waals surface area contributed by atoms with E-state index in [0.717, 1.165) is 11.5 Å². The van der Waals surface area contributed by atoms with E-state index in [1.54, 1.807) is 0 Å². The van der Waals surface area contributed by atoms with Crippen molar-refractivity contribution in [1.29, 1.82) is 0 Å². The fourth-order valence-electron chi connectivity index (χ4n) is 1.01. The van der Waals surface area contributed by atoms with Crippen molar-refractivity contribution in [1.82, 2.24) is 10.3 Å². The number of carbonyl (C=O) groups is 1. The van der Waals surface area contributed by atoms with Gasteiger partial charge in [-0.25, -0.2) is 4.98 Å². The molecule has 0 aliphatic heterocycles. The smallest absolute Gasteiger partial charge is 0.227 e. The highest BCUT2D eigenvalue weighted by Crippen LogP contribution is 2.07. The monoisotopic (exact) mass is 227 g/mol. The van der Waals surface area contributed by atoms with Crippen molar-refractivity contribution in [2.75, 3.05) is 0 Å². The molecule has 0 bridgehead atoms. The Bertz CT molecular complexity index is 367. The molecule has 1 aromatic heterocycles. The Labute approximate surface area is 93.0 Å². The van der Waals surface area contributed by atoms with E-state index >= 15 is 0 Å². The van der Waals surface area contributed by atoms with Gasteiger partial charge in [-0.15, -0.1) is 0 Å². The van der Waals surface area contributed by atoms with Crippen molar-refractivity contribution < 1.29 is 9.21 Å². The molecule has 1 amide bonds. The lowest BCUT2D eigenvalue weighted by Crippen LogP contribution is -2.27. The van der Waals surface area contributed by atoms with Crippen molar-refractivity contribution in [2.24, 2.45) is 5.73 Å². The molecule has 6 heteroatoms. The highest BCUT2D eigenvalue weighted by Gasteiger charge is 2.07. The third kappa shape index (κ3) is 3.67. The Morgan fingerprint density at radius 1 is 1.60 bits per heavy atom. The maximum Gasteiger partial charge on any atom is 0.227 e. The maximum absolute atomic E-state index is 11.2. The van der Waals surface area contributed by atoms with Crippen molar-refractivity contribution in [3.05, 3.63) is 17.3 Å². The van der Waals surface area contributed by atoms with Crippen LogP contribution in [0, 0.1) is 13.8 Å². The molecule has 0 aliphatic rings. The van der Waals surface area contributed by atoms with Crippen LogP contribution in [0.25, 0.3) is 0 Å². The molecule has 1 rings (SSSR count). The summed E-state index contributed by atoms with van der Waals surface area (Å²) in [5.74, 6) is 1.02. The van der Waals surface area contributed by atoms with E-state index in [1.807, 2.05) is 13.8 Å². The number of oxazole rings is 1. The van der Waals surface area contributed by atoms with Gasteiger partial charge in [0.2, 0.25) is 11.8 Å². The SMILES string of the molecule is Cc1nc(CNC(=O)CC(N)=S)oc1C. The molecule has 0 saturated heterocycles. The summed E-state index contributed by atoms with van der Waals surface area (Å²) >= 11 is 4.61. The Hall–Kier alpha value is -1.43. The molecule has 82 valence electrons. The molecule has 0 aliphatic carbocycles. The van der Waals surface area contributed by atoms with Crippen LogP contribution in [-0.2, 0) is 11.3 Å². The van der Waals surface area contributed by atoms with Gasteiger partial charge in [0.25, 0.3) is 0 Å². The third-order valence-corrected chi connectivity index (χ3v) is 1.99. The molecule has 1 aromatic rings. The summed E-state index contributed by atoms with van der Waals surface area (Å²) < 4.78 is 5.28. The van der Waals surface area contributed by atoms with Gasteiger partial charge in [-0.2, -0.15) is 0 Å². The maximum atomic E-state index is 11.2. The minimum atomic E-state index is -0.226. The number of carbonyl (C=O) groups excluding carboxylic acids is 1. The molecule has 0 spiro atoms. The first-order chi connectivity index (χ1) is 6.99. The Morgan fingerprint density at radius 3 is 2.73 bits per heavy atom. The van der Waals surface area contributed by atoms with Crippen LogP contribution >= 0.6 is 12.2 Å². The van der Waals surface area contributed by atoms with E-state index in [9.17, 15) is 4.79 Å². The summed E-state index contributed by atoms with van der Waals surface area (Å²) in [5.41, 5.74) is 6.05. The van der Waals surface area contributed by atoms with E-state index in [0.29, 0.717) is 5.89 Å². The number of nitrogens with zero attached hydrogens (tertiary/aromatic N) is 1.